The number of carbonyl (C=O) groups is 2. The Kier molecular flexibility index (Phi) is 11.0. The van der Waals surface area contributed by atoms with Crippen LogP contribution in [0, 0.1) is 20.2 Å². The number of benzene rings is 2. The van der Waals surface area contributed by atoms with E-state index in [1.807, 2.05) is 0 Å². The number of esters is 2. The van der Waals surface area contributed by atoms with Crippen molar-refractivity contribution in [1.82, 2.24) is 0 Å². The normalized spacial score (nSPS) is 9.35. The van der Waals surface area contributed by atoms with Crippen molar-refractivity contribution in [2.24, 2.45) is 0 Å². The molecule has 13 heteroatoms. The standard InChI is InChI=1S/C9H8N2O6.C9H12N2O2.ClH/c1-2-17-9(12)6-3-7(10(13)14)5-8(4-6)11(15)16;1-2-13-9(12)6-3-7(10)5-8(11)4-6;/h3-5H,2H2,1H3;3-5H,2,10-11H2,1H3;1H. The molecule has 0 heterocycles. The van der Waals surface area contributed by atoms with Crippen LogP contribution in [0.4, 0.5) is 22.7 Å². The van der Waals surface area contributed by atoms with Crippen molar-refractivity contribution in [3.63, 3.8) is 0 Å². The molecule has 2 rings (SSSR count). The second-order valence-corrected chi connectivity index (χ2v) is 5.58. The minimum atomic E-state index is -0.834. The summed E-state index contributed by atoms with van der Waals surface area (Å²) in [6.45, 7) is 3.72. The molecule has 0 saturated carbocycles. The summed E-state index contributed by atoms with van der Waals surface area (Å²) < 4.78 is 9.40. The topological polar surface area (TPSA) is 191 Å². The van der Waals surface area contributed by atoms with Gasteiger partial charge in [0.2, 0.25) is 0 Å². The second kappa shape index (κ2) is 12.6. The van der Waals surface area contributed by atoms with Crippen LogP contribution >= 0.6 is 12.4 Å². The van der Waals surface area contributed by atoms with E-state index in [0.717, 1.165) is 18.2 Å². The Morgan fingerprint density at radius 3 is 1.45 bits per heavy atom. The number of anilines is 2. The molecule has 2 aromatic rings. The van der Waals surface area contributed by atoms with E-state index in [2.05, 4.69) is 4.74 Å². The van der Waals surface area contributed by atoms with Crippen LogP contribution in [0.15, 0.2) is 36.4 Å². The maximum absolute atomic E-state index is 11.3. The molecule has 168 valence electrons. The molecule has 0 radical (unpaired) electrons. The van der Waals surface area contributed by atoms with Gasteiger partial charge in [0.1, 0.15) is 0 Å². The average molecular weight is 457 g/mol. The van der Waals surface area contributed by atoms with Crippen LogP contribution in [0.5, 0.6) is 0 Å². The van der Waals surface area contributed by atoms with Gasteiger partial charge in [-0.1, -0.05) is 0 Å². The van der Waals surface area contributed by atoms with Gasteiger partial charge in [0.05, 0.1) is 40.3 Å². The SMILES string of the molecule is CCOC(=O)c1cc(N)cc(N)c1.CCOC(=O)c1cc([N+](=O)[O-])cc([N+](=O)[O-])c1.Cl. The lowest BCUT2D eigenvalue weighted by atomic mass is 10.2. The largest absolute Gasteiger partial charge is 0.462 e. The van der Waals surface area contributed by atoms with Crippen molar-refractivity contribution < 1.29 is 28.9 Å². The van der Waals surface area contributed by atoms with Crippen molar-refractivity contribution in [2.45, 2.75) is 13.8 Å². The van der Waals surface area contributed by atoms with Gasteiger partial charge in [0.25, 0.3) is 11.4 Å². The summed E-state index contributed by atoms with van der Waals surface area (Å²) in [4.78, 5) is 42.0. The Hall–Kier alpha value is -3.93. The molecule has 0 amide bonds. The van der Waals surface area contributed by atoms with Gasteiger partial charge in [-0.05, 0) is 32.0 Å². The number of rotatable bonds is 6. The zero-order valence-corrected chi connectivity index (χ0v) is 17.4. The third-order valence-electron chi connectivity index (χ3n) is 3.32. The van der Waals surface area contributed by atoms with Crippen molar-refractivity contribution in [1.29, 1.82) is 0 Å². The molecule has 31 heavy (non-hydrogen) atoms. The molecule has 12 nitrogen and oxygen atoms in total. The lowest BCUT2D eigenvalue weighted by Crippen LogP contribution is -2.06. The minimum Gasteiger partial charge on any atom is -0.462 e. The van der Waals surface area contributed by atoms with Gasteiger partial charge < -0.3 is 20.9 Å². The Morgan fingerprint density at radius 1 is 0.774 bits per heavy atom. The monoisotopic (exact) mass is 456 g/mol. The van der Waals surface area contributed by atoms with E-state index in [4.69, 9.17) is 16.2 Å². The zero-order valence-electron chi connectivity index (χ0n) is 16.6. The summed E-state index contributed by atoms with van der Waals surface area (Å²) >= 11 is 0. The molecule has 0 aliphatic rings. The highest BCUT2D eigenvalue weighted by Gasteiger charge is 2.20. The lowest BCUT2D eigenvalue weighted by Gasteiger charge is -2.03. The molecule has 0 spiro atoms. The molecule has 4 N–H and O–H groups in total. The van der Waals surface area contributed by atoms with Crippen LogP contribution in [0.25, 0.3) is 0 Å². The molecular formula is C18H21ClN4O8. The van der Waals surface area contributed by atoms with E-state index in [0.29, 0.717) is 23.5 Å². The highest BCUT2D eigenvalue weighted by atomic mass is 35.5. The third kappa shape index (κ3) is 8.53. The van der Waals surface area contributed by atoms with E-state index in [1.165, 1.54) is 12.1 Å². The summed E-state index contributed by atoms with van der Waals surface area (Å²) in [5.74, 6) is -1.24. The fourth-order valence-corrected chi connectivity index (χ4v) is 2.15. The molecule has 0 fully saturated rings. The average Bonchev–Trinajstić information content (AvgIpc) is 2.67. The molecule has 0 unspecified atom stereocenters. The van der Waals surface area contributed by atoms with Gasteiger partial charge in [0, 0.05) is 23.5 Å². The van der Waals surface area contributed by atoms with Crippen LogP contribution in [0.3, 0.4) is 0 Å². The number of hydrogen-bond acceptors (Lipinski definition) is 10. The number of non-ortho nitro benzene ring substituents is 2. The van der Waals surface area contributed by atoms with Crippen molar-refractivity contribution in [3.8, 4) is 0 Å². The smallest absolute Gasteiger partial charge is 0.338 e. The molecule has 2 aromatic carbocycles. The number of nitrogen functional groups attached to an aromatic ring is 2. The van der Waals surface area contributed by atoms with Crippen molar-refractivity contribution >= 4 is 47.1 Å². The Labute approximate surface area is 182 Å². The summed E-state index contributed by atoms with van der Waals surface area (Å²) in [6.07, 6.45) is 0. The highest BCUT2D eigenvalue weighted by Crippen LogP contribution is 2.23. The first-order valence-corrected chi connectivity index (χ1v) is 8.53. The summed E-state index contributed by atoms with van der Waals surface area (Å²) in [7, 11) is 0. The number of ether oxygens (including phenoxy) is 2. The molecule has 0 bridgehead atoms. The van der Waals surface area contributed by atoms with Gasteiger partial charge in [-0.3, -0.25) is 20.2 Å². The number of halogens is 1. The second-order valence-electron chi connectivity index (χ2n) is 5.58. The van der Waals surface area contributed by atoms with E-state index < -0.39 is 33.2 Å². The van der Waals surface area contributed by atoms with Crippen molar-refractivity contribution in [3.05, 3.63) is 67.8 Å². The Balaban J connectivity index is 0.000000581. The van der Waals surface area contributed by atoms with Gasteiger partial charge in [-0.25, -0.2) is 9.59 Å². The van der Waals surface area contributed by atoms with Crippen LogP contribution < -0.4 is 11.5 Å². The summed E-state index contributed by atoms with van der Waals surface area (Å²) in [5, 5.41) is 21.1. The van der Waals surface area contributed by atoms with E-state index >= 15 is 0 Å². The van der Waals surface area contributed by atoms with Gasteiger partial charge in [0.15, 0.2) is 0 Å². The molecule has 0 aliphatic carbocycles. The molecule has 0 aliphatic heterocycles. The first-order chi connectivity index (χ1) is 14.1. The van der Waals surface area contributed by atoms with Gasteiger partial charge >= 0.3 is 11.9 Å². The van der Waals surface area contributed by atoms with E-state index in [-0.39, 0.29) is 24.6 Å². The van der Waals surface area contributed by atoms with Gasteiger partial charge in [-0.15, -0.1) is 12.4 Å². The predicted octanol–water partition coefficient (Wildman–Crippen LogP) is 3.13. The number of carbonyl (C=O) groups excluding carboxylic acids is 2. The maximum Gasteiger partial charge on any atom is 0.338 e. The number of nitro groups is 2. The van der Waals surface area contributed by atoms with E-state index in [1.54, 1.807) is 19.9 Å². The Bertz CT molecular complexity index is 915. The van der Waals surface area contributed by atoms with Crippen LogP contribution in [0.1, 0.15) is 34.6 Å². The van der Waals surface area contributed by atoms with Crippen LogP contribution in [-0.2, 0) is 9.47 Å². The third-order valence-corrected chi connectivity index (χ3v) is 3.32. The number of hydrogen-bond donors (Lipinski definition) is 2. The minimum absolute atomic E-state index is 0. The quantitative estimate of drug-likeness (QED) is 0.282. The Morgan fingerprint density at radius 2 is 1.13 bits per heavy atom. The molecular weight excluding hydrogens is 436 g/mol. The number of nitro benzene ring substituents is 2. The molecule has 0 aromatic heterocycles. The summed E-state index contributed by atoms with van der Waals surface area (Å²) in [6, 6.07) is 7.31. The first-order valence-electron chi connectivity index (χ1n) is 8.53. The fraction of sp³-hybridized carbons (Fsp3) is 0.222. The maximum atomic E-state index is 11.3. The van der Waals surface area contributed by atoms with E-state index in [9.17, 15) is 29.8 Å². The molecule has 0 atom stereocenters. The first kappa shape index (κ1) is 27.1. The number of nitrogens with two attached hydrogens (primary N) is 2. The number of nitrogens with zero attached hydrogens (tertiary/aromatic N) is 2. The zero-order chi connectivity index (χ0) is 22.8. The predicted molar refractivity (Wildman–Crippen MR) is 114 cm³/mol. The fourth-order valence-electron chi connectivity index (χ4n) is 2.15. The highest BCUT2D eigenvalue weighted by molar-refractivity contribution is 5.92. The lowest BCUT2D eigenvalue weighted by molar-refractivity contribution is -0.394. The summed E-state index contributed by atoms with van der Waals surface area (Å²) in [5.41, 5.74) is 11.1. The van der Waals surface area contributed by atoms with Crippen LogP contribution in [0.2, 0.25) is 0 Å². The van der Waals surface area contributed by atoms with Crippen LogP contribution in [-0.4, -0.2) is 35.0 Å². The molecule has 0 saturated heterocycles. The van der Waals surface area contributed by atoms with Gasteiger partial charge in [-0.2, -0.15) is 0 Å². The van der Waals surface area contributed by atoms with Crippen molar-refractivity contribution in [2.75, 3.05) is 24.7 Å².